The van der Waals surface area contributed by atoms with Crippen LogP contribution in [-0.4, -0.2) is 49.0 Å². The van der Waals surface area contributed by atoms with Crippen molar-refractivity contribution in [1.82, 2.24) is 15.5 Å². The molecule has 6 nitrogen and oxygen atoms in total. The summed E-state index contributed by atoms with van der Waals surface area (Å²) in [5, 5.41) is 7.45. The molecule has 1 unspecified atom stereocenters. The predicted octanol–water partition coefficient (Wildman–Crippen LogP) is 0.837. The molecule has 2 heterocycles. The van der Waals surface area contributed by atoms with Crippen LogP contribution in [0.4, 0.5) is 5.95 Å². The fourth-order valence-corrected chi connectivity index (χ4v) is 2.08. The topological polar surface area (TPSA) is 63.4 Å². The number of hydrogen-bond donors (Lipinski definition) is 1. The number of rotatable bonds is 6. The van der Waals surface area contributed by atoms with Gasteiger partial charge in [0.05, 0.1) is 13.2 Å². The highest BCUT2D eigenvalue weighted by molar-refractivity contribution is 5.28. The zero-order valence-corrected chi connectivity index (χ0v) is 11.2. The van der Waals surface area contributed by atoms with Crippen LogP contribution in [0.5, 0.6) is 0 Å². The lowest BCUT2D eigenvalue weighted by atomic mass is 10.1. The maximum absolute atomic E-state index is 5.31. The Labute approximate surface area is 108 Å². The Kier molecular flexibility index (Phi) is 4.95. The van der Waals surface area contributed by atoms with E-state index in [4.69, 9.17) is 9.26 Å². The molecule has 1 aliphatic heterocycles. The predicted molar refractivity (Wildman–Crippen MR) is 68.8 cm³/mol. The minimum absolute atomic E-state index is 0.410. The maximum Gasteiger partial charge on any atom is 0.266 e. The van der Waals surface area contributed by atoms with Gasteiger partial charge < -0.3 is 19.5 Å². The Hall–Kier alpha value is -1.14. The van der Waals surface area contributed by atoms with E-state index >= 15 is 0 Å². The second-order valence-electron chi connectivity index (χ2n) is 4.45. The van der Waals surface area contributed by atoms with Crippen LogP contribution in [0.25, 0.3) is 0 Å². The molecular weight excluding hydrogens is 232 g/mol. The highest BCUT2D eigenvalue weighted by Gasteiger charge is 2.18. The first-order valence-electron chi connectivity index (χ1n) is 6.72. The lowest BCUT2D eigenvalue weighted by molar-refractivity contribution is 0.121. The normalized spacial score (nSPS) is 18.0. The molecule has 1 saturated heterocycles. The van der Waals surface area contributed by atoms with Gasteiger partial charge >= 0.3 is 0 Å². The molecule has 0 bridgehead atoms. The van der Waals surface area contributed by atoms with Gasteiger partial charge in [0.1, 0.15) is 0 Å². The third-order valence-corrected chi connectivity index (χ3v) is 3.16. The third kappa shape index (κ3) is 3.43. The molecule has 102 valence electrons. The van der Waals surface area contributed by atoms with Crippen molar-refractivity contribution in [1.29, 1.82) is 0 Å². The zero-order chi connectivity index (χ0) is 12.8. The maximum atomic E-state index is 5.31. The summed E-state index contributed by atoms with van der Waals surface area (Å²) >= 11 is 0. The highest BCUT2D eigenvalue weighted by Crippen LogP contribution is 2.12. The summed E-state index contributed by atoms with van der Waals surface area (Å²) in [6.45, 7) is 8.37. The van der Waals surface area contributed by atoms with Gasteiger partial charge in [-0.05, 0) is 18.1 Å². The summed E-state index contributed by atoms with van der Waals surface area (Å²) in [7, 11) is 0. The van der Waals surface area contributed by atoms with E-state index in [0.717, 1.165) is 45.7 Å². The zero-order valence-electron chi connectivity index (χ0n) is 11.2. The van der Waals surface area contributed by atoms with Gasteiger partial charge in [0.25, 0.3) is 5.95 Å². The molecule has 1 N–H and O–H groups in total. The lowest BCUT2D eigenvalue weighted by Crippen LogP contribution is -2.37. The average molecular weight is 254 g/mol. The van der Waals surface area contributed by atoms with Gasteiger partial charge in [-0.3, -0.25) is 0 Å². The van der Waals surface area contributed by atoms with Crippen LogP contribution < -0.4 is 10.2 Å². The Balaban J connectivity index is 1.92. The van der Waals surface area contributed by atoms with E-state index in [1.54, 1.807) is 0 Å². The SMILES string of the molecule is CCNC(CC)Cc1nc(N2CCOCC2)no1. The molecule has 18 heavy (non-hydrogen) atoms. The Morgan fingerprint density at radius 2 is 2.11 bits per heavy atom. The van der Waals surface area contributed by atoms with Crippen LogP contribution in [0.15, 0.2) is 4.52 Å². The molecule has 1 aliphatic rings. The summed E-state index contributed by atoms with van der Waals surface area (Å²) < 4.78 is 10.6. The summed E-state index contributed by atoms with van der Waals surface area (Å²) in [6.07, 6.45) is 1.85. The van der Waals surface area contributed by atoms with Crippen molar-refractivity contribution in [3.05, 3.63) is 5.89 Å². The number of hydrogen-bond acceptors (Lipinski definition) is 6. The molecule has 2 rings (SSSR count). The van der Waals surface area contributed by atoms with Crippen LogP contribution in [0.1, 0.15) is 26.2 Å². The first-order chi connectivity index (χ1) is 8.83. The summed E-state index contributed by atoms with van der Waals surface area (Å²) in [6, 6.07) is 0.410. The number of likely N-dealkylation sites (N-methyl/N-ethyl adjacent to an activating group) is 1. The van der Waals surface area contributed by atoms with Crippen molar-refractivity contribution in [2.45, 2.75) is 32.7 Å². The minimum atomic E-state index is 0.410. The van der Waals surface area contributed by atoms with E-state index in [-0.39, 0.29) is 0 Å². The first kappa shape index (κ1) is 13.3. The molecule has 1 aromatic rings. The Morgan fingerprint density at radius 3 is 2.78 bits per heavy atom. The molecule has 0 radical (unpaired) electrons. The second kappa shape index (κ2) is 6.70. The number of nitrogens with zero attached hydrogens (tertiary/aromatic N) is 3. The molecule has 1 fully saturated rings. The van der Waals surface area contributed by atoms with Crippen molar-refractivity contribution in [2.24, 2.45) is 0 Å². The molecule has 0 aliphatic carbocycles. The van der Waals surface area contributed by atoms with Crippen molar-refractivity contribution < 1.29 is 9.26 Å². The van der Waals surface area contributed by atoms with E-state index in [9.17, 15) is 0 Å². The first-order valence-corrected chi connectivity index (χ1v) is 6.72. The fraction of sp³-hybridized carbons (Fsp3) is 0.833. The number of aromatic nitrogens is 2. The molecule has 0 saturated carbocycles. The van der Waals surface area contributed by atoms with Gasteiger partial charge in [0.15, 0.2) is 0 Å². The average Bonchev–Trinajstić information content (AvgIpc) is 2.88. The molecule has 0 aromatic carbocycles. The monoisotopic (exact) mass is 254 g/mol. The Bertz CT molecular complexity index is 350. The van der Waals surface area contributed by atoms with Crippen molar-refractivity contribution >= 4 is 5.95 Å². The molecule has 1 atom stereocenters. The van der Waals surface area contributed by atoms with Gasteiger partial charge in [-0.1, -0.05) is 13.8 Å². The third-order valence-electron chi connectivity index (χ3n) is 3.16. The van der Waals surface area contributed by atoms with Crippen molar-refractivity contribution in [3.8, 4) is 0 Å². The number of morpholine rings is 1. The standard InChI is InChI=1S/C12H22N4O2/c1-3-10(13-4-2)9-11-14-12(15-18-11)16-5-7-17-8-6-16/h10,13H,3-9H2,1-2H3. The van der Waals surface area contributed by atoms with E-state index in [1.807, 2.05) is 0 Å². The Morgan fingerprint density at radius 1 is 1.33 bits per heavy atom. The second-order valence-corrected chi connectivity index (χ2v) is 4.45. The highest BCUT2D eigenvalue weighted by atomic mass is 16.5. The van der Waals surface area contributed by atoms with Gasteiger partial charge in [0, 0.05) is 25.6 Å². The largest absolute Gasteiger partial charge is 0.378 e. The molecule has 0 amide bonds. The smallest absolute Gasteiger partial charge is 0.266 e. The van der Waals surface area contributed by atoms with Gasteiger partial charge in [-0.2, -0.15) is 4.98 Å². The van der Waals surface area contributed by atoms with E-state index in [2.05, 4.69) is 34.2 Å². The minimum Gasteiger partial charge on any atom is -0.378 e. The van der Waals surface area contributed by atoms with Gasteiger partial charge in [-0.25, -0.2) is 0 Å². The molecule has 0 spiro atoms. The van der Waals surface area contributed by atoms with Crippen molar-refractivity contribution in [3.63, 3.8) is 0 Å². The summed E-state index contributed by atoms with van der Waals surface area (Å²) in [4.78, 5) is 6.56. The quantitative estimate of drug-likeness (QED) is 0.811. The van der Waals surface area contributed by atoms with Crippen LogP contribution in [0.2, 0.25) is 0 Å². The van der Waals surface area contributed by atoms with Crippen LogP contribution >= 0.6 is 0 Å². The number of ether oxygens (including phenoxy) is 1. The van der Waals surface area contributed by atoms with E-state index < -0.39 is 0 Å². The van der Waals surface area contributed by atoms with Gasteiger partial charge in [0.2, 0.25) is 5.89 Å². The number of nitrogens with one attached hydrogen (secondary N) is 1. The fourth-order valence-electron chi connectivity index (χ4n) is 2.08. The van der Waals surface area contributed by atoms with Gasteiger partial charge in [-0.15, -0.1) is 0 Å². The molecular formula is C12H22N4O2. The molecule has 1 aromatic heterocycles. The van der Waals surface area contributed by atoms with Crippen LogP contribution in [0.3, 0.4) is 0 Å². The van der Waals surface area contributed by atoms with E-state index in [0.29, 0.717) is 17.9 Å². The summed E-state index contributed by atoms with van der Waals surface area (Å²) in [5.41, 5.74) is 0. The molecule has 6 heteroatoms. The number of anilines is 1. The summed E-state index contributed by atoms with van der Waals surface area (Å²) in [5.74, 6) is 1.41. The van der Waals surface area contributed by atoms with E-state index in [1.165, 1.54) is 0 Å². The van der Waals surface area contributed by atoms with Crippen LogP contribution in [0, 0.1) is 0 Å². The van der Waals surface area contributed by atoms with Crippen LogP contribution in [-0.2, 0) is 11.2 Å². The van der Waals surface area contributed by atoms with Crippen molar-refractivity contribution in [2.75, 3.05) is 37.7 Å². The lowest BCUT2D eigenvalue weighted by Gasteiger charge is -2.24.